The summed E-state index contributed by atoms with van der Waals surface area (Å²) >= 11 is 0. The summed E-state index contributed by atoms with van der Waals surface area (Å²) in [6, 6.07) is 10.2. The molecule has 4 rings (SSSR count). The van der Waals surface area contributed by atoms with Gasteiger partial charge in [-0.15, -0.1) is 6.58 Å². The first-order chi connectivity index (χ1) is 12.6. The number of benzene rings is 1. The molecule has 0 saturated carbocycles. The van der Waals surface area contributed by atoms with Gasteiger partial charge in [0.05, 0.1) is 17.5 Å². The van der Waals surface area contributed by atoms with Gasteiger partial charge in [0, 0.05) is 37.0 Å². The Labute approximate surface area is 154 Å². The Morgan fingerprint density at radius 3 is 2.92 bits per heavy atom. The number of para-hydroxylation sites is 1. The van der Waals surface area contributed by atoms with E-state index in [0.29, 0.717) is 24.6 Å². The van der Waals surface area contributed by atoms with Gasteiger partial charge >= 0.3 is 0 Å². The molecule has 2 aromatic rings. The standard InChI is InChI=1S/C19H25N3O3S/c1-2-8-22(16-7-9-26(23,24)13-16)12-15-11-20-21-19(15)18-10-14-5-3-4-6-17(14)25-18/h2-6,10,15-16,19-21H,1,7-9,11-13H2. The van der Waals surface area contributed by atoms with Crippen molar-refractivity contribution in [2.75, 3.05) is 31.1 Å². The van der Waals surface area contributed by atoms with Crippen molar-refractivity contribution in [1.29, 1.82) is 0 Å². The summed E-state index contributed by atoms with van der Waals surface area (Å²) in [6.07, 6.45) is 2.57. The molecule has 2 fully saturated rings. The summed E-state index contributed by atoms with van der Waals surface area (Å²) in [7, 11) is -2.90. The minimum atomic E-state index is -2.90. The fourth-order valence-electron chi connectivity index (χ4n) is 4.07. The van der Waals surface area contributed by atoms with Gasteiger partial charge in [-0.05, 0) is 18.6 Å². The third-order valence-corrected chi connectivity index (χ3v) is 7.15. The summed E-state index contributed by atoms with van der Waals surface area (Å²) in [4.78, 5) is 2.26. The number of nitrogens with zero attached hydrogens (tertiary/aromatic N) is 1. The molecule has 1 aromatic heterocycles. The second-order valence-electron chi connectivity index (χ2n) is 7.25. The number of hydrogen-bond acceptors (Lipinski definition) is 6. The van der Waals surface area contributed by atoms with Gasteiger partial charge in [-0.25, -0.2) is 13.8 Å². The lowest BCUT2D eigenvalue weighted by Crippen LogP contribution is -2.41. The van der Waals surface area contributed by atoms with Crippen LogP contribution in [0.4, 0.5) is 0 Å². The molecule has 3 heterocycles. The van der Waals surface area contributed by atoms with E-state index in [1.165, 1.54) is 0 Å². The molecule has 0 spiro atoms. The number of hydrazine groups is 1. The molecule has 2 aliphatic rings. The average Bonchev–Trinajstić information content (AvgIpc) is 3.31. The number of fused-ring (bicyclic) bond motifs is 1. The summed E-state index contributed by atoms with van der Waals surface area (Å²) in [5, 5.41) is 1.10. The SMILES string of the molecule is C=CCN(CC1CNNC1c1cc2ccccc2o1)C1CCS(=O)(=O)C1. The zero-order valence-electron chi connectivity index (χ0n) is 14.7. The van der Waals surface area contributed by atoms with Crippen molar-refractivity contribution in [3.8, 4) is 0 Å². The van der Waals surface area contributed by atoms with Crippen molar-refractivity contribution in [2.24, 2.45) is 5.92 Å². The molecule has 6 nitrogen and oxygen atoms in total. The van der Waals surface area contributed by atoms with Gasteiger partial charge in [-0.3, -0.25) is 10.3 Å². The fraction of sp³-hybridized carbons (Fsp3) is 0.474. The molecule has 3 unspecified atom stereocenters. The Bertz CT molecular complexity index is 859. The molecule has 0 bridgehead atoms. The van der Waals surface area contributed by atoms with E-state index in [4.69, 9.17) is 4.42 Å². The van der Waals surface area contributed by atoms with E-state index in [0.717, 1.165) is 29.8 Å². The van der Waals surface area contributed by atoms with Crippen LogP contribution in [0.3, 0.4) is 0 Å². The molecule has 0 aliphatic carbocycles. The molecule has 0 radical (unpaired) electrons. The lowest BCUT2D eigenvalue weighted by molar-refractivity contribution is 0.190. The van der Waals surface area contributed by atoms with Crippen LogP contribution in [0.2, 0.25) is 0 Å². The van der Waals surface area contributed by atoms with E-state index in [9.17, 15) is 8.42 Å². The molecular formula is C19H25N3O3S. The van der Waals surface area contributed by atoms with E-state index in [1.54, 1.807) is 0 Å². The molecule has 7 heteroatoms. The lowest BCUT2D eigenvalue weighted by atomic mass is 9.98. The number of furan rings is 1. The lowest BCUT2D eigenvalue weighted by Gasteiger charge is -2.30. The van der Waals surface area contributed by atoms with E-state index in [-0.39, 0.29) is 17.8 Å². The highest BCUT2D eigenvalue weighted by Crippen LogP contribution is 2.31. The summed E-state index contributed by atoms with van der Waals surface area (Å²) < 4.78 is 29.8. The quantitative estimate of drug-likeness (QED) is 0.751. The van der Waals surface area contributed by atoms with Crippen LogP contribution in [0.1, 0.15) is 18.2 Å². The van der Waals surface area contributed by atoms with Crippen LogP contribution in [0.15, 0.2) is 47.4 Å². The van der Waals surface area contributed by atoms with Gasteiger partial charge in [-0.1, -0.05) is 24.3 Å². The highest BCUT2D eigenvalue weighted by molar-refractivity contribution is 7.91. The van der Waals surface area contributed by atoms with Gasteiger partial charge in [0.25, 0.3) is 0 Å². The van der Waals surface area contributed by atoms with Gasteiger partial charge in [0.2, 0.25) is 0 Å². The Kier molecular flexibility index (Phi) is 4.88. The maximum atomic E-state index is 11.9. The van der Waals surface area contributed by atoms with Crippen molar-refractivity contribution in [3.05, 3.63) is 48.7 Å². The first kappa shape index (κ1) is 17.7. The van der Waals surface area contributed by atoms with Crippen LogP contribution in [0.5, 0.6) is 0 Å². The third-order valence-electron chi connectivity index (χ3n) is 5.40. The van der Waals surface area contributed by atoms with E-state index >= 15 is 0 Å². The highest BCUT2D eigenvalue weighted by atomic mass is 32.2. The number of nitrogens with one attached hydrogen (secondary N) is 2. The molecule has 2 aliphatic heterocycles. The fourth-order valence-corrected chi connectivity index (χ4v) is 5.83. The Morgan fingerprint density at radius 1 is 1.35 bits per heavy atom. The molecule has 0 amide bonds. The normalized spacial score (nSPS) is 28.1. The first-order valence-electron chi connectivity index (χ1n) is 9.08. The largest absolute Gasteiger partial charge is 0.459 e. The molecule has 3 atom stereocenters. The molecule has 140 valence electrons. The maximum Gasteiger partial charge on any atom is 0.151 e. The van der Waals surface area contributed by atoms with Crippen LogP contribution in [-0.4, -0.2) is 50.5 Å². The zero-order chi connectivity index (χ0) is 18.1. The third kappa shape index (κ3) is 3.57. The topological polar surface area (TPSA) is 74.6 Å². The van der Waals surface area contributed by atoms with Crippen molar-refractivity contribution in [3.63, 3.8) is 0 Å². The van der Waals surface area contributed by atoms with Crippen LogP contribution < -0.4 is 10.9 Å². The van der Waals surface area contributed by atoms with Crippen molar-refractivity contribution in [1.82, 2.24) is 15.8 Å². The minimum absolute atomic E-state index is 0.0627. The second kappa shape index (κ2) is 7.15. The number of sulfone groups is 1. The van der Waals surface area contributed by atoms with Crippen LogP contribution in [-0.2, 0) is 9.84 Å². The van der Waals surface area contributed by atoms with Crippen LogP contribution >= 0.6 is 0 Å². The summed E-state index contributed by atoms with van der Waals surface area (Å²) in [5.41, 5.74) is 7.45. The van der Waals surface area contributed by atoms with E-state index in [1.807, 2.05) is 30.3 Å². The van der Waals surface area contributed by atoms with Gasteiger partial charge < -0.3 is 4.42 Å². The number of rotatable bonds is 6. The Hall–Kier alpha value is -1.67. The van der Waals surface area contributed by atoms with Gasteiger partial charge in [-0.2, -0.15) is 0 Å². The smallest absolute Gasteiger partial charge is 0.151 e. The van der Waals surface area contributed by atoms with Crippen molar-refractivity contribution >= 4 is 20.8 Å². The Balaban J connectivity index is 1.52. The average molecular weight is 375 g/mol. The maximum absolute atomic E-state index is 11.9. The summed E-state index contributed by atoms with van der Waals surface area (Å²) in [5.74, 6) is 1.75. The molecule has 1 aromatic carbocycles. The predicted octanol–water partition coefficient (Wildman–Crippen LogP) is 1.87. The van der Waals surface area contributed by atoms with Gasteiger partial charge in [0.1, 0.15) is 11.3 Å². The molecule has 2 saturated heterocycles. The molecule has 2 N–H and O–H groups in total. The Morgan fingerprint density at radius 2 is 2.19 bits per heavy atom. The second-order valence-corrected chi connectivity index (χ2v) is 9.48. The molecule has 26 heavy (non-hydrogen) atoms. The summed E-state index contributed by atoms with van der Waals surface area (Å²) in [6.45, 7) is 6.16. The zero-order valence-corrected chi connectivity index (χ0v) is 15.5. The molecular weight excluding hydrogens is 350 g/mol. The van der Waals surface area contributed by atoms with Gasteiger partial charge in [0.15, 0.2) is 9.84 Å². The van der Waals surface area contributed by atoms with Crippen molar-refractivity contribution in [2.45, 2.75) is 18.5 Å². The van der Waals surface area contributed by atoms with Crippen molar-refractivity contribution < 1.29 is 12.8 Å². The van der Waals surface area contributed by atoms with Crippen LogP contribution in [0.25, 0.3) is 11.0 Å². The van der Waals surface area contributed by atoms with E-state index < -0.39 is 9.84 Å². The van der Waals surface area contributed by atoms with Crippen LogP contribution in [0, 0.1) is 5.92 Å². The number of hydrogen-bond donors (Lipinski definition) is 2. The minimum Gasteiger partial charge on any atom is -0.459 e. The highest BCUT2D eigenvalue weighted by Gasteiger charge is 2.37. The predicted molar refractivity (Wildman–Crippen MR) is 102 cm³/mol. The van der Waals surface area contributed by atoms with E-state index in [2.05, 4.69) is 28.4 Å². The monoisotopic (exact) mass is 375 g/mol. The first-order valence-corrected chi connectivity index (χ1v) is 10.9.